The molecule has 1 spiro atoms. The Morgan fingerprint density at radius 2 is 1.75 bits per heavy atom. The molecule has 2 heterocycles. The predicted molar refractivity (Wildman–Crippen MR) is 118 cm³/mol. The van der Waals surface area contributed by atoms with Crippen molar-refractivity contribution in [3.8, 4) is 0 Å². The average Bonchev–Trinajstić information content (AvgIpc) is 3.13. The first kappa shape index (κ1) is 23.1. The Hall–Kier alpha value is -0.700. The Labute approximate surface area is 198 Å². The van der Waals surface area contributed by atoms with Crippen molar-refractivity contribution in [1.82, 2.24) is 0 Å². The third-order valence-corrected chi connectivity index (χ3v) is 10.1. The summed E-state index contributed by atoms with van der Waals surface area (Å²) < 4.78 is 22.6. The van der Waals surface area contributed by atoms with Gasteiger partial charge in [0.05, 0.1) is 18.1 Å². The number of esters is 2. The van der Waals surface area contributed by atoms with Crippen molar-refractivity contribution in [2.24, 2.45) is 29.1 Å². The third-order valence-electron chi connectivity index (χ3n) is 8.67. The van der Waals surface area contributed by atoms with Gasteiger partial charge in [0.25, 0.3) is 0 Å². The number of alkyl halides is 1. The number of fused-ring (bicyclic) bond motifs is 3. The number of carbonyl (C=O) groups excluding carboxylic acids is 2. The number of aliphatic hydroxyl groups excluding tert-OH is 1. The van der Waals surface area contributed by atoms with Crippen LogP contribution in [0.1, 0.15) is 72.1 Å². The van der Waals surface area contributed by atoms with Gasteiger partial charge in [-0.2, -0.15) is 0 Å². The van der Waals surface area contributed by atoms with Crippen LogP contribution >= 0.6 is 15.9 Å². The van der Waals surface area contributed by atoms with Crippen LogP contribution in [0.2, 0.25) is 0 Å². The van der Waals surface area contributed by atoms with E-state index in [1.165, 1.54) is 12.8 Å². The van der Waals surface area contributed by atoms with Gasteiger partial charge in [-0.1, -0.05) is 62.4 Å². The van der Waals surface area contributed by atoms with Crippen molar-refractivity contribution in [2.75, 3.05) is 0 Å². The van der Waals surface area contributed by atoms with Crippen LogP contribution in [0, 0.1) is 29.1 Å². The fourth-order valence-corrected chi connectivity index (χ4v) is 8.05. The maximum absolute atomic E-state index is 13.3. The molecule has 5 rings (SSSR count). The number of ether oxygens (including phenoxy) is 4. The molecule has 1 N–H and O–H groups in total. The average molecular weight is 515 g/mol. The van der Waals surface area contributed by atoms with Gasteiger partial charge in [-0.3, -0.25) is 9.59 Å². The highest BCUT2D eigenvalue weighted by Crippen LogP contribution is 2.77. The van der Waals surface area contributed by atoms with Gasteiger partial charge in [0.15, 0.2) is 4.32 Å². The summed E-state index contributed by atoms with van der Waals surface area (Å²) in [6.07, 6.45) is 5.27. The Morgan fingerprint density at radius 1 is 1.03 bits per heavy atom. The predicted octanol–water partition coefficient (Wildman–Crippen LogP) is 3.69. The van der Waals surface area contributed by atoms with Crippen molar-refractivity contribution < 1.29 is 33.6 Å². The zero-order valence-corrected chi connectivity index (χ0v) is 20.7. The quantitative estimate of drug-likeness (QED) is 0.441. The summed E-state index contributed by atoms with van der Waals surface area (Å²) in [5, 5.41) is 10.4. The summed E-state index contributed by atoms with van der Waals surface area (Å²) in [5.74, 6) is -0.524. The lowest BCUT2D eigenvalue weighted by Crippen LogP contribution is -2.46. The van der Waals surface area contributed by atoms with Crippen LogP contribution in [-0.4, -0.2) is 52.3 Å². The molecule has 180 valence electrons. The van der Waals surface area contributed by atoms with E-state index in [1.54, 1.807) is 0 Å². The molecule has 7 nitrogen and oxygen atoms in total. The molecule has 32 heavy (non-hydrogen) atoms. The van der Waals surface area contributed by atoms with Crippen molar-refractivity contribution in [3.63, 3.8) is 0 Å². The number of hydrogen-bond donors (Lipinski definition) is 1. The SMILES string of the molecule is CC(C)[C@@H]1CC[C@@H](C)C[C@H]1O[C@@H]1OC(=O)[C@@]2([C@H]3[C@@H](O)OC(=O)[C@]32Br)[C@H]1OC1CCCCC1. The van der Waals surface area contributed by atoms with E-state index >= 15 is 0 Å². The van der Waals surface area contributed by atoms with E-state index in [-0.39, 0.29) is 12.2 Å². The van der Waals surface area contributed by atoms with E-state index in [9.17, 15) is 14.7 Å². The fraction of sp³-hybridized carbons (Fsp3) is 0.917. The van der Waals surface area contributed by atoms with Gasteiger partial charge >= 0.3 is 11.9 Å². The van der Waals surface area contributed by atoms with Crippen LogP contribution < -0.4 is 0 Å². The van der Waals surface area contributed by atoms with E-state index in [2.05, 4.69) is 36.7 Å². The number of aliphatic hydroxyl groups is 1. The second kappa shape index (κ2) is 8.21. The van der Waals surface area contributed by atoms with E-state index in [1.807, 2.05) is 0 Å². The van der Waals surface area contributed by atoms with Crippen LogP contribution in [0.3, 0.4) is 0 Å². The van der Waals surface area contributed by atoms with Crippen molar-refractivity contribution in [2.45, 2.75) is 107 Å². The number of carbonyl (C=O) groups is 2. The number of halogens is 1. The molecule has 3 aliphatic carbocycles. The molecule has 0 bridgehead atoms. The highest BCUT2D eigenvalue weighted by molar-refractivity contribution is 9.10. The van der Waals surface area contributed by atoms with Gasteiger partial charge in [0, 0.05) is 0 Å². The lowest BCUT2D eigenvalue weighted by atomic mass is 9.75. The molecule has 2 aliphatic heterocycles. The molecule has 0 aromatic carbocycles. The molecule has 9 atom stereocenters. The summed E-state index contributed by atoms with van der Waals surface area (Å²) in [6, 6.07) is 0. The molecule has 0 radical (unpaired) electrons. The summed E-state index contributed by atoms with van der Waals surface area (Å²) in [4.78, 5) is 26.0. The smallest absolute Gasteiger partial charge is 0.327 e. The van der Waals surface area contributed by atoms with Gasteiger partial charge in [-0.25, -0.2) is 0 Å². The fourth-order valence-electron chi connectivity index (χ4n) is 6.85. The second-order valence-electron chi connectivity index (χ2n) is 10.9. The topological polar surface area (TPSA) is 91.3 Å². The maximum atomic E-state index is 13.3. The van der Waals surface area contributed by atoms with Crippen molar-refractivity contribution >= 4 is 27.9 Å². The summed E-state index contributed by atoms with van der Waals surface area (Å²) in [6.45, 7) is 6.65. The van der Waals surface area contributed by atoms with E-state index in [0.29, 0.717) is 17.8 Å². The molecule has 3 saturated carbocycles. The Balaban J connectivity index is 1.44. The third kappa shape index (κ3) is 3.23. The van der Waals surface area contributed by atoms with Crippen LogP contribution in [-0.2, 0) is 28.5 Å². The summed E-state index contributed by atoms with van der Waals surface area (Å²) in [7, 11) is 0. The molecule has 0 amide bonds. The van der Waals surface area contributed by atoms with Gasteiger partial charge in [-0.05, 0) is 43.4 Å². The van der Waals surface area contributed by atoms with E-state index in [0.717, 1.165) is 38.5 Å². The standard InChI is InChI=1S/C24H35BrO7/c1-12(2)15-10-9-13(3)11-16(15)30-20-18(29-14-7-5-4-6-8-14)23(21(27)32-20)17-19(26)31-22(28)24(17,23)25/h12-20,26H,4-11H2,1-3H3/t13-,15+,16-,17-,18+,19+,20-,23-,24-/m1/s1. The normalized spacial score (nSPS) is 48.8. The summed E-state index contributed by atoms with van der Waals surface area (Å²) >= 11 is 3.48. The lowest BCUT2D eigenvalue weighted by molar-refractivity contribution is -0.223. The minimum Gasteiger partial charge on any atom is -0.434 e. The zero-order chi connectivity index (χ0) is 22.8. The highest BCUT2D eigenvalue weighted by atomic mass is 79.9. The van der Waals surface area contributed by atoms with Crippen molar-refractivity contribution in [3.05, 3.63) is 0 Å². The molecular weight excluding hydrogens is 480 g/mol. The van der Waals surface area contributed by atoms with Gasteiger partial charge in [-0.15, -0.1) is 0 Å². The van der Waals surface area contributed by atoms with Crippen LogP contribution in [0.25, 0.3) is 0 Å². The number of hydrogen-bond acceptors (Lipinski definition) is 7. The largest absolute Gasteiger partial charge is 0.434 e. The first-order chi connectivity index (χ1) is 15.2. The molecule has 0 aromatic heterocycles. The molecule has 0 aromatic rings. The van der Waals surface area contributed by atoms with Gasteiger partial charge in [0.2, 0.25) is 12.6 Å². The zero-order valence-electron chi connectivity index (χ0n) is 19.1. The number of cyclic esters (lactones) is 2. The highest BCUT2D eigenvalue weighted by Gasteiger charge is 2.96. The van der Waals surface area contributed by atoms with Crippen LogP contribution in [0.5, 0.6) is 0 Å². The maximum Gasteiger partial charge on any atom is 0.327 e. The first-order valence-corrected chi connectivity index (χ1v) is 13.1. The van der Waals surface area contributed by atoms with Gasteiger partial charge < -0.3 is 24.1 Å². The molecule has 5 fully saturated rings. The Morgan fingerprint density at radius 3 is 2.38 bits per heavy atom. The van der Waals surface area contributed by atoms with Crippen LogP contribution in [0.15, 0.2) is 0 Å². The van der Waals surface area contributed by atoms with Gasteiger partial charge in [0.1, 0.15) is 11.5 Å². The Bertz CT molecular complexity index is 767. The van der Waals surface area contributed by atoms with Crippen molar-refractivity contribution in [1.29, 1.82) is 0 Å². The van der Waals surface area contributed by atoms with Crippen LogP contribution in [0.4, 0.5) is 0 Å². The molecular formula is C24H35BrO7. The van der Waals surface area contributed by atoms with E-state index in [4.69, 9.17) is 18.9 Å². The minimum absolute atomic E-state index is 0.0111. The molecule has 8 heteroatoms. The Kier molecular flexibility index (Phi) is 5.91. The second-order valence-corrected chi connectivity index (χ2v) is 12.2. The minimum atomic E-state index is -1.36. The molecule has 2 saturated heterocycles. The lowest BCUT2D eigenvalue weighted by Gasteiger charge is -2.39. The molecule has 0 unspecified atom stereocenters. The molecule has 5 aliphatic rings. The monoisotopic (exact) mass is 514 g/mol. The van der Waals surface area contributed by atoms with E-state index < -0.39 is 46.3 Å². The first-order valence-electron chi connectivity index (χ1n) is 12.3. The summed E-state index contributed by atoms with van der Waals surface area (Å²) in [5.41, 5.74) is -1.31. The number of rotatable bonds is 5.